The third kappa shape index (κ3) is 2.62. The largest absolute Gasteiger partial charge is 0.496 e. The Morgan fingerprint density at radius 1 is 1.20 bits per heavy atom. The summed E-state index contributed by atoms with van der Waals surface area (Å²) in [6.45, 7) is 5.06. The van der Waals surface area contributed by atoms with E-state index in [1.54, 1.807) is 20.1 Å². The first kappa shape index (κ1) is 15.9. The molecule has 1 saturated heterocycles. The fourth-order valence-corrected chi connectivity index (χ4v) is 3.25. The molecule has 1 aliphatic rings. The van der Waals surface area contributed by atoms with Crippen molar-refractivity contribution in [2.24, 2.45) is 0 Å². The van der Waals surface area contributed by atoms with Crippen molar-refractivity contribution in [2.75, 3.05) is 20.3 Å². The molecule has 0 aliphatic carbocycles. The standard InChI is InChI=1S/C19H19NO5/c1-10-11(2)19(21)24-17-7-13(6-16(22-3)18(10)17)15-8-14(20-25-15)12-4-5-23-9-12/h6-8,12H,4-5,9H2,1-3H3. The van der Waals surface area contributed by atoms with Crippen LogP contribution < -0.4 is 10.4 Å². The summed E-state index contributed by atoms with van der Waals surface area (Å²) in [5.74, 6) is 1.52. The average molecular weight is 341 g/mol. The number of hydrogen-bond acceptors (Lipinski definition) is 6. The molecule has 6 nitrogen and oxygen atoms in total. The zero-order valence-corrected chi connectivity index (χ0v) is 14.4. The van der Waals surface area contributed by atoms with Crippen LogP contribution in [-0.4, -0.2) is 25.5 Å². The molecule has 1 aromatic carbocycles. The minimum atomic E-state index is -0.342. The van der Waals surface area contributed by atoms with E-state index in [2.05, 4.69) is 5.16 Å². The van der Waals surface area contributed by atoms with Gasteiger partial charge in [0, 0.05) is 29.7 Å². The second kappa shape index (κ2) is 6.04. The molecule has 6 heteroatoms. The molecular formula is C19H19NO5. The smallest absolute Gasteiger partial charge is 0.339 e. The molecule has 0 radical (unpaired) electrons. The minimum Gasteiger partial charge on any atom is -0.496 e. The maximum absolute atomic E-state index is 12.0. The first-order valence-corrected chi connectivity index (χ1v) is 8.25. The molecule has 0 N–H and O–H groups in total. The first-order valence-electron chi connectivity index (χ1n) is 8.25. The molecule has 0 amide bonds. The highest BCUT2D eigenvalue weighted by Crippen LogP contribution is 2.36. The summed E-state index contributed by atoms with van der Waals surface area (Å²) in [4.78, 5) is 12.0. The number of nitrogens with zero attached hydrogens (tertiary/aromatic N) is 1. The lowest BCUT2D eigenvalue weighted by atomic mass is 10.0. The molecule has 1 atom stereocenters. The number of rotatable bonds is 3. The summed E-state index contributed by atoms with van der Waals surface area (Å²) >= 11 is 0. The predicted molar refractivity (Wildman–Crippen MR) is 92.2 cm³/mol. The van der Waals surface area contributed by atoms with Crippen molar-refractivity contribution in [3.05, 3.63) is 45.4 Å². The van der Waals surface area contributed by atoms with Gasteiger partial charge in [0.05, 0.1) is 24.8 Å². The van der Waals surface area contributed by atoms with E-state index in [9.17, 15) is 4.79 Å². The van der Waals surface area contributed by atoms with Crippen LogP contribution >= 0.6 is 0 Å². The Hall–Kier alpha value is -2.60. The molecule has 0 bridgehead atoms. The zero-order chi connectivity index (χ0) is 17.6. The lowest BCUT2D eigenvalue weighted by Gasteiger charge is -2.10. The van der Waals surface area contributed by atoms with E-state index in [-0.39, 0.29) is 11.5 Å². The van der Waals surface area contributed by atoms with Crippen molar-refractivity contribution in [1.29, 1.82) is 0 Å². The number of fused-ring (bicyclic) bond motifs is 1. The van der Waals surface area contributed by atoms with Gasteiger partial charge < -0.3 is 18.4 Å². The lowest BCUT2D eigenvalue weighted by Crippen LogP contribution is -2.06. The van der Waals surface area contributed by atoms with Crippen LogP contribution in [0.3, 0.4) is 0 Å². The van der Waals surface area contributed by atoms with Crippen LogP contribution in [0.5, 0.6) is 5.75 Å². The summed E-state index contributed by atoms with van der Waals surface area (Å²) in [5, 5.41) is 4.97. The van der Waals surface area contributed by atoms with Gasteiger partial charge in [0.1, 0.15) is 11.3 Å². The maximum atomic E-state index is 12.0. The third-order valence-electron chi connectivity index (χ3n) is 4.89. The number of aryl methyl sites for hydroxylation is 1. The molecule has 4 rings (SSSR count). The number of methoxy groups -OCH3 is 1. The molecule has 2 aromatic heterocycles. The molecule has 0 spiro atoms. The van der Waals surface area contributed by atoms with Gasteiger partial charge >= 0.3 is 5.63 Å². The molecule has 130 valence electrons. The molecule has 1 unspecified atom stereocenters. The highest BCUT2D eigenvalue weighted by atomic mass is 16.5. The number of ether oxygens (including phenoxy) is 2. The van der Waals surface area contributed by atoms with E-state index in [0.717, 1.165) is 35.2 Å². The fraction of sp³-hybridized carbons (Fsp3) is 0.368. The Morgan fingerprint density at radius 3 is 2.76 bits per heavy atom. The molecule has 0 saturated carbocycles. The SMILES string of the molecule is COc1cc(-c2cc(C3CCOC3)no2)cc2oc(=O)c(C)c(C)c12. The summed E-state index contributed by atoms with van der Waals surface area (Å²) in [5.41, 5.74) is 3.22. The van der Waals surface area contributed by atoms with Gasteiger partial charge in [-0.1, -0.05) is 5.16 Å². The highest BCUT2D eigenvalue weighted by Gasteiger charge is 2.23. The topological polar surface area (TPSA) is 74.7 Å². The van der Waals surface area contributed by atoms with E-state index < -0.39 is 0 Å². The average Bonchev–Trinajstić information content (AvgIpc) is 3.29. The third-order valence-corrected chi connectivity index (χ3v) is 4.89. The van der Waals surface area contributed by atoms with Crippen molar-refractivity contribution in [3.63, 3.8) is 0 Å². The number of benzene rings is 1. The van der Waals surface area contributed by atoms with Gasteiger partial charge in [-0.2, -0.15) is 0 Å². The second-order valence-electron chi connectivity index (χ2n) is 6.37. The lowest BCUT2D eigenvalue weighted by molar-refractivity contribution is 0.193. The van der Waals surface area contributed by atoms with E-state index in [0.29, 0.717) is 29.3 Å². The van der Waals surface area contributed by atoms with Crippen LogP contribution in [0.2, 0.25) is 0 Å². The van der Waals surface area contributed by atoms with Gasteiger partial charge in [-0.05, 0) is 38.0 Å². The number of hydrogen-bond donors (Lipinski definition) is 0. The first-order chi connectivity index (χ1) is 12.1. The van der Waals surface area contributed by atoms with Crippen LogP contribution in [0.1, 0.15) is 29.2 Å². The Labute approximate surface area is 144 Å². The van der Waals surface area contributed by atoms with Crippen molar-refractivity contribution in [1.82, 2.24) is 5.16 Å². The maximum Gasteiger partial charge on any atom is 0.339 e. The fourth-order valence-electron chi connectivity index (χ4n) is 3.25. The Balaban J connectivity index is 1.85. The summed E-state index contributed by atoms with van der Waals surface area (Å²) in [7, 11) is 1.60. The second-order valence-corrected chi connectivity index (χ2v) is 6.37. The molecule has 3 aromatic rings. The van der Waals surface area contributed by atoms with E-state index >= 15 is 0 Å². The zero-order valence-electron chi connectivity index (χ0n) is 14.4. The summed E-state index contributed by atoms with van der Waals surface area (Å²) in [6, 6.07) is 5.59. The molecule has 25 heavy (non-hydrogen) atoms. The monoisotopic (exact) mass is 341 g/mol. The van der Waals surface area contributed by atoms with E-state index in [1.165, 1.54) is 0 Å². The van der Waals surface area contributed by atoms with Crippen LogP contribution in [0.4, 0.5) is 0 Å². The highest BCUT2D eigenvalue weighted by molar-refractivity contribution is 5.91. The Morgan fingerprint density at radius 2 is 2.04 bits per heavy atom. The van der Waals surface area contributed by atoms with Gasteiger partial charge in [-0.15, -0.1) is 0 Å². The normalized spacial score (nSPS) is 17.3. The Bertz CT molecular complexity index is 995. The van der Waals surface area contributed by atoms with Crippen LogP contribution in [-0.2, 0) is 4.74 Å². The van der Waals surface area contributed by atoms with E-state index in [4.69, 9.17) is 18.4 Å². The Kier molecular flexibility index (Phi) is 3.84. The van der Waals surface area contributed by atoms with Crippen molar-refractivity contribution >= 4 is 11.0 Å². The van der Waals surface area contributed by atoms with Gasteiger partial charge in [0.2, 0.25) is 0 Å². The van der Waals surface area contributed by atoms with Gasteiger partial charge in [0.25, 0.3) is 0 Å². The summed E-state index contributed by atoms with van der Waals surface area (Å²) < 4.78 is 21.9. The van der Waals surface area contributed by atoms with Gasteiger partial charge in [-0.3, -0.25) is 0 Å². The minimum absolute atomic E-state index is 0.266. The van der Waals surface area contributed by atoms with Gasteiger partial charge in [0.15, 0.2) is 5.76 Å². The van der Waals surface area contributed by atoms with Gasteiger partial charge in [-0.25, -0.2) is 4.79 Å². The van der Waals surface area contributed by atoms with Crippen molar-refractivity contribution in [2.45, 2.75) is 26.2 Å². The molecule has 3 heterocycles. The number of aromatic nitrogens is 1. The van der Waals surface area contributed by atoms with Crippen LogP contribution in [0, 0.1) is 13.8 Å². The quantitative estimate of drug-likeness (QED) is 0.678. The van der Waals surface area contributed by atoms with E-state index in [1.807, 2.05) is 19.1 Å². The van der Waals surface area contributed by atoms with Crippen molar-refractivity contribution in [3.8, 4) is 17.1 Å². The van der Waals surface area contributed by atoms with Crippen LogP contribution in [0.25, 0.3) is 22.3 Å². The van der Waals surface area contributed by atoms with Crippen molar-refractivity contribution < 1.29 is 18.4 Å². The molecule has 1 fully saturated rings. The molecular weight excluding hydrogens is 322 g/mol. The summed E-state index contributed by atoms with van der Waals surface area (Å²) in [6.07, 6.45) is 0.945. The van der Waals surface area contributed by atoms with Crippen LogP contribution in [0.15, 0.2) is 31.9 Å². The predicted octanol–water partition coefficient (Wildman–Crippen LogP) is 3.58. The molecule has 1 aliphatic heterocycles.